The fourth-order valence-electron chi connectivity index (χ4n) is 3.56. The number of hydrogen-bond donors (Lipinski definition) is 0. The van der Waals surface area contributed by atoms with Crippen molar-refractivity contribution >= 4 is 17.5 Å². The highest BCUT2D eigenvalue weighted by atomic mass is 16.5. The third-order valence-electron chi connectivity index (χ3n) is 4.91. The monoisotopic (exact) mass is 252 g/mol. The van der Waals surface area contributed by atoms with E-state index in [0.717, 1.165) is 0 Å². The lowest BCUT2D eigenvalue weighted by atomic mass is 9.63. The average molecular weight is 252 g/mol. The summed E-state index contributed by atoms with van der Waals surface area (Å²) in [5.74, 6) is -0.230. The maximum Gasteiger partial charge on any atom is 0.313 e. The van der Waals surface area contributed by atoms with Crippen LogP contribution in [0.3, 0.4) is 0 Å². The SMILES string of the molecule is CC(=O)CCC1C(=O)CC2(CCOC2=O)C1(C)C. The smallest absolute Gasteiger partial charge is 0.313 e. The summed E-state index contributed by atoms with van der Waals surface area (Å²) in [5.41, 5.74) is -1.06. The quantitative estimate of drug-likeness (QED) is 0.720. The zero-order valence-corrected chi connectivity index (χ0v) is 11.2. The van der Waals surface area contributed by atoms with Gasteiger partial charge in [-0.05, 0) is 25.2 Å². The highest BCUT2D eigenvalue weighted by Gasteiger charge is 2.64. The number of ketones is 2. The molecule has 100 valence electrons. The number of carbonyl (C=O) groups is 3. The number of carbonyl (C=O) groups excluding carboxylic acids is 3. The van der Waals surface area contributed by atoms with Crippen LogP contribution in [0.25, 0.3) is 0 Å². The predicted molar refractivity (Wildman–Crippen MR) is 64.8 cm³/mol. The Hall–Kier alpha value is -1.19. The minimum absolute atomic E-state index is 0.0912. The number of Topliss-reactive ketones (excluding diaryl/α,β-unsaturated/α-hetero) is 2. The minimum Gasteiger partial charge on any atom is -0.465 e. The van der Waals surface area contributed by atoms with Crippen LogP contribution in [0.15, 0.2) is 0 Å². The standard InChI is InChI=1S/C14H20O4/c1-9(15)4-5-10-11(16)8-14(13(10,2)3)6-7-18-12(14)17/h10H,4-8H2,1-3H3. The van der Waals surface area contributed by atoms with E-state index < -0.39 is 10.8 Å². The van der Waals surface area contributed by atoms with Crippen LogP contribution in [0.5, 0.6) is 0 Å². The first kappa shape index (κ1) is 13.2. The molecule has 1 aliphatic carbocycles. The largest absolute Gasteiger partial charge is 0.465 e. The Morgan fingerprint density at radius 2 is 2.06 bits per heavy atom. The molecule has 1 saturated carbocycles. The molecule has 0 N–H and O–H groups in total. The molecule has 1 heterocycles. The molecule has 2 atom stereocenters. The van der Waals surface area contributed by atoms with Crippen molar-refractivity contribution in [1.82, 2.24) is 0 Å². The van der Waals surface area contributed by atoms with Gasteiger partial charge in [0.15, 0.2) is 0 Å². The maximum absolute atomic E-state index is 12.2. The Kier molecular flexibility index (Phi) is 3.07. The first-order chi connectivity index (χ1) is 8.31. The minimum atomic E-state index is -0.647. The van der Waals surface area contributed by atoms with E-state index in [9.17, 15) is 14.4 Å². The first-order valence-corrected chi connectivity index (χ1v) is 6.50. The Balaban J connectivity index is 2.26. The second kappa shape index (κ2) is 4.18. The van der Waals surface area contributed by atoms with Gasteiger partial charge in [-0.25, -0.2) is 0 Å². The van der Waals surface area contributed by atoms with Crippen molar-refractivity contribution in [2.45, 2.75) is 46.5 Å². The van der Waals surface area contributed by atoms with Gasteiger partial charge in [-0.3, -0.25) is 9.59 Å². The second-order valence-corrected chi connectivity index (χ2v) is 6.13. The third kappa shape index (κ3) is 1.70. The van der Waals surface area contributed by atoms with E-state index in [1.807, 2.05) is 13.8 Å². The van der Waals surface area contributed by atoms with E-state index in [-0.39, 0.29) is 29.9 Å². The van der Waals surface area contributed by atoms with Gasteiger partial charge in [-0.15, -0.1) is 0 Å². The molecule has 18 heavy (non-hydrogen) atoms. The predicted octanol–water partition coefficient (Wildman–Crippen LogP) is 1.90. The number of rotatable bonds is 3. The highest BCUT2D eigenvalue weighted by Crippen LogP contribution is 2.59. The zero-order valence-electron chi connectivity index (χ0n) is 11.2. The van der Waals surface area contributed by atoms with Crippen LogP contribution < -0.4 is 0 Å². The van der Waals surface area contributed by atoms with Gasteiger partial charge in [0.1, 0.15) is 11.6 Å². The summed E-state index contributed by atoms with van der Waals surface area (Å²) in [6, 6.07) is 0. The molecule has 0 bridgehead atoms. The summed E-state index contributed by atoms with van der Waals surface area (Å²) in [5, 5.41) is 0. The Bertz CT molecular complexity index is 410. The lowest BCUT2D eigenvalue weighted by Gasteiger charge is -2.37. The molecule has 2 rings (SSSR count). The molecule has 1 spiro atoms. The lowest BCUT2D eigenvalue weighted by molar-refractivity contribution is -0.151. The Labute approximate surface area is 107 Å². The van der Waals surface area contributed by atoms with E-state index in [1.54, 1.807) is 0 Å². The number of cyclic esters (lactones) is 1. The molecule has 4 heteroatoms. The van der Waals surface area contributed by atoms with Crippen LogP contribution in [0, 0.1) is 16.7 Å². The summed E-state index contributed by atoms with van der Waals surface area (Å²) in [6.45, 7) is 5.88. The summed E-state index contributed by atoms with van der Waals surface area (Å²) in [7, 11) is 0. The summed E-state index contributed by atoms with van der Waals surface area (Å²) in [4.78, 5) is 35.3. The maximum atomic E-state index is 12.2. The van der Waals surface area contributed by atoms with Crippen molar-refractivity contribution in [3.8, 4) is 0 Å². The van der Waals surface area contributed by atoms with Gasteiger partial charge < -0.3 is 9.53 Å². The molecule has 2 aliphatic rings. The molecule has 0 radical (unpaired) electrons. The topological polar surface area (TPSA) is 60.4 Å². The van der Waals surface area contributed by atoms with Crippen LogP contribution in [0.1, 0.15) is 46.5 Å². The summed E-state index contributed by atoms with van der Waals surface area (Å²) in [6.07, 6.45) is 1.86. The molecule has 2 unspecified atom stereocenters. The van der Waals surface area contributed by atoms with Gasteiger partial charge in [0.25, 0.3) is 0 Å². The van der Waals surface area contributed by atoms with Crippen molar-refractivity contribution in [2.75, 3.05) is 6.61 Å². The van der Waals surface area contributed by atoms with E-state index >= 15 is 0 Å². The van der Waals surface area contributed by atoms with Gasteiger partial charge in [0, 0.05) is 18.8 Å². The number of hydrogen-bond acceptors (Lipinski definition) is 4. The van der Waals surface area contributed by atoms with E-state index in [0.29, 0.717) is 25.9 Å². The van der Waals surface area contributed by atoms with Crippen molar-refractivity contribution in [2.24, 2.45) is 16.7 Å². The molecule has 1 aliphatic heterocycles. The third-order valence-corrected chi connectivity index (χ3v) is 4.91. The number of ether oxygens (including phenoxy) is 1. The van der Waals surface area contributed by atoms with Crippen LogP contribution in [0.2, 0.25) is 0 Å². The van der Waals surface area contributed by atoms with Crippen molar-refractivity contribution in [3.05, 3.63) is 0 Å². The molecular formula is C14H20O4. The van der Waals surface area contributed by atoms with E-state index in [2.05, 4.69) is 0 Å². The average Bonchev–Trinajstić information content (AvgIpc) is 2.68. The molecule has 0 aromatic heterocycles. The molecule has 0 aromatic rings. The molecule has 4 nitrogen and oxygen atoms in total. The molecule has 1 saturated heterocycles. The Morgan fingerprint density at radius 3 is 2.56 bits per heavy atom. The van der Waals surface area contributed by atoms with Crippen molar-refractivity contribution in [1.29, 1.82) is 0 Å². The van der Waals surface area contributed by atoms with E-state index in [1.165, 1.54) is 6.92 Å². The molecular weight excluding hydrogens is 232 g/mol. The summed E-state index contributed by atoms with van der Waals surface area (Å²) < 4.78 is 5.09. The lowest BCUT2D eigenvalue weighted by Crippen LogP contribution is -2.40. The van der Waals surface area contributed by atoms with Gasteiger partial charge in [-0.1, -0.05) is 13.8 Å². The van der Waals surface area contributed by atoms with E-state index in [4.69, 9.17) is 4.74 Å². The van der Waals surface area contributed by atoms with Crippen LogP contribution in [0.4, 0.5) is 0 Å². The fourth-order valence-corrected chi connectivity index (χ4v) is 3.56. The molecule has 2 fully saturated rings. The fraction of sp³-hybridized carbons (Fsp3) is 0.786. The van der Waals surface area contributed by atoms with Crippen molar-refractivity contribution in [3.63, 3.8) is 0 Å². The van der Waals surface area contributed by atoms with Gasteiger partial charge >= 0.3 is 5.97 Å². The van der Waals surface area contributed by atoms with Crippen LogP contribution >= 0.6 is 0 Å². The van der Waals surface area contributed by atoms with Gasteiger partial charge in [0.05, 0.1) is 12.0 Å². The molecule has 0 aromatic carbocycles. The first-order valence-electron chi connectivity index (χ1n) is 6.50. The van der Waals surface area contributed by atoms with Crippen LogP contribution in [-0.2, 0) is 19.1 Å². The molecule has 0 amide bonds. The van der Waals surface area contributed by atoms with Gasteiger partial charge in [-0.2, -0.15) is 0 Å². The normalized spacial score (nSPS) is 34.1. The zero-order chi connectivity index (χ0) is 13.6. The van der Waals surface area contributed by atoms with Gasteiger partial charge in [0.2, 0.25) is 0 Å². The second-order valence-electron chi connectivity index (χ2n) is 6.13. The number of esters is 1. The highest BCUT2D eigenvalue weighted by molar-refractivity contribution is 5.95. The summed E-state index contributed by atoms with van der Waals surface area (Å²) >= 11 is 0. The Morgan fingerprint density at radius 1 is 1.39 bits per heavy atom. The van der Waals surface area contributed by atoms with Crippen LogP contribution in [-0.4, -0.2) is 24.1 Å². The van der Waals surface area contributed by atoms with Crippen molar-refractivity contribution < 1.29 is 19.1 Å².